The number of hydrogen-bond donors (Lipinski definition) is 3. The molecule has 1 fully saturated rings. The predicted octanol–water partition coefficient (Wildman–Crippen LogP) is 2.14. The number of aliphatic imine (C=N–C) groups is 2. The van der Waals surface area contributed by atoms with Crippen LogP contribution in [0.15, 0.2) is 116 Å². The van der Waals surface area contributed by atoms with Crippen molar-refractivity contribution in [1.82, 2.24) is 10.3 Å². The van der Waals surface area contributed by atoms with Gasteiger partial charge in [0.25, 0.3) is 0 Å². The van der Waals surface area contributed by atoms with E-state index in [0.29, 0.717) is 5.70 Å². The van der Waals surface area contributed by atoms with Gasteiger partial charge in [0.15, 0.2) is 4.87 Å². The van der Waals surface area contributed by atoms with E-state index in [9.17, 15) is 8.42 Å². The van der Waals surface area contributed by atoms with Crippen molar-refractivity contribution in [2.75, 3.05) is 0 Å². The number of benzene rings is 1. The number of nitrogens with zero attached hydrogens (tertiary/aromatic N) is 2. The lowest BCUT2D eigenvalue weighted by molar-refractivity contribution is 0.535. The van der Waals surface area contributed by atoms with Gasteiger partial charge in [-0.05, 0) is 73.2 Å². The average Bonchev–Trinajstić information content (AvgIpc) is 3.42. The van der Waals surface area contributed by atoms with E-state index < -0.39 is 14.7 Å². The van der Waals surface area contributed by atoms with E-state index in [1.165, 1.54) is 0 Å². The molecule has 5 aliphatic rings. The van der Waals surface area contributed by atoms with Crippen LogP contribution in [-0.4, -0.2) is 35.7 Å². The standard InChI is InChI=1S/C29H25N5O2S/c30-25-16-24(25)28-26-11-10-21(33-26)15-19-7-6-18(31-19)14-20-8-9-22(32-20)17-29(13-12-27(28)34-29)37(35,36)23-4-2-1-3-5-23/h1-12,14-15,17,24-25,31,34H,13,16,30H2/b18-14-,19-15-,22-17-,28-26-/t24-,25-,29?/m1/s1. The number of allylic oxidation sites excluding steroid dienone is 5. The van der Waals surface area contributed by atoms with Gasteiger partial charge in [0.05, 0.1) is 27.7 Å². The molecule has 8 heteroatoms. The van der Waals surface area contributed by atoms with E-state index in [-0.39, 0.29) is 23.3 Å². The number of hydrogen-bond acceptors (Lipinski definition) is 6. The first-order valence-electron chi connectivity index (χ1n) is 12.3. The molecule has 1 aliphatic carbocycles. The molecule has 5 heterocycles. The molecular formula is C29H25N5O2S. The minimum absolute atomic E-state index is 0.0259. The van der Waals surface area contributed by atoms with E-state index in [4.69, 9.17) is 15.7 Å². The number of rotatable bonds is 3. The van der Waals surface area contributed by atoms with Crippen LogP contribution in [0.5, 0.6) is 0 Å². The van der Waals surface area contributed by atoms with Crippen molar-refractivity contribution in [1.29, 1.82) is 0 Å². The van der Waals surface area contributed by atoms with E-state index in [2.05, 4.69) is 10.3 Å². The lowest BCUT2D eigenvalue weighted by Crippen LogP contribution is -2.47. The largest absolute Gasteiger partial charge is 0.363 e. The van der Waals surface area contributed by atoms with Gasteiger partial charge in [-0.2, -0.15) is 0 Å². The van der Waals surface area contributed by atoms with Gasteiger partial charge in [-0.3, -0.25) is 0 Å². The van der Waals surface area contributed by atoms with Crippen LogP contribution >= 0.6 is 0 Å². The second-order valence-electron chi connectivity index (χ2n) is 9.92. The van der Waals surface area contributed by atoms with Crippen molar-refractivity contribution >= 4 is 33.4 Å². The number of nitrogens with two attached hydrogens (primary N) is 1. The Hall–Kier alpha value is -4.01. The van der Waals surface area contributed by atoms with Crippen molar-refractivity contribution in [2.24, 2.45) is 21.6 Å². The van der Waals surface area contributed by atoms with Gasteiger partial charge in [-0.15, -0.1) is 0 Å². The fourth-order valence-electron chi connectivity index (χ4n) is 5.31. The summed E-state index contributed by atoms with van der Waals surface area (Å²) < 4.78 is 28.3. The zero-order valence-electron chi connectivity index (χ0n) is 19.9. The number of nitrogens with one attached hydrogen (secondary N) is 2. The Morgan fingerprint density at radius 1 is 0.919 bits per heavy atom. The summed E-state index contributed by atoms with van der Waals surface area (Å²) >= 11 is 0. The molecule has 2 aromatic rings. The molecule has 7 rings (SSSR count). The van der Waals surface area contributed by atoms with Crippen molar-refractivity contribution in [3.63, 3.8) is 0 Å². The molecule has 1 aromatic heterocycles. The Labute approximate surface area is 214 Å². The normalized spacial score (nSPS) is 32.8. The predicted molar refractivity (Wildman–Crippen MR) is 146 cm³/mol. The molecule has 0 spiro atoms. The van der Waals surface area contributed by atoms with Crippen LogP contribution in [-0.2, 0) is 9.84 Å². The van der Waals surface area contributed by atoms with Gasteiger partial charge in [-0.1, -0.05) is 24.3 Å². The quantitative estimate of drug-likeness (QED) is 0.591. The smallest absolute Gasteiger partial charge is 0.206 e. The van der Waals surface area contributed by atoms with Crippen molar-refractivity contribution in [3.8, 4) is 0 Å². The van der Waals surface area contributed by atoms with Crippen LogP contribution in [0.3, 0.4) is 0 Å². The monoisotopic (exact) mass is 507 g/mol. The van der Waals surface area contributed by atoms with E-state index in [1.807, 2.05) is 60.7 Å². The number of aromatic nitrogens is 1. The second kappa shape index (κ2) is 7.99. The SMILES string of the molecule is N[C@@H]1C[C@H]1/C1=C2\C=CC(=N2)/C=c2/cc/c([nH]2)=C/C2=NC(=C\C3(S(=O)(=O)c4ccccc4)CC=C1N3)/C=C2. The first kappa shape index (κ1) is 22.2. The molecule has 1 unspecified atom stereocenters. The van der Waals surface area contributed by atoms with Crippen molar-refractivity contribution in [3.05, 3.63) is 112 Å². The molecule has 0 radical (unpaired) electrons. The summed E-state index contributed by atoms with van der Waals surface area (Å²) in [4.78, 5) is 11.9. The third-order valence-electron chi connectivity index (χ3n) is 7.33. The third-order valence-corrected chi connectivity index (χ3v) is 9.57. The molecule has 3 atom stereocenters. The van der Waals surface area contributed by atoms with Crippen molar-refractivity contribution < 1.29 is 8.42 Å². The molecule has 0 amide bonds. The molecule has 1 aromatic carbocycles. The summed E-state index contributed by atoms with van der Waals surface area (Å²) in [6.07, 6.45) is 16.5. The Balaban J connectivity index is 1.45. The zero-order valence-corrected chi connectivity index (χ0v) is 20.7. The maximum Gasteiger partial charge on any atom is 0.206 e. The van der Waals surface area contributed by atoms with E-state index in [0.717, 1.165) is 45.5 Å². The third kappa shape index (κ3) is 3.72. The fourth-order valence-corrected chi connectivity index (χ4v) is 7.07. The van der Waals surface area contributed by atoms with Crippen molar-refractivity contribution in [2.45, 2.75) is 28.6 Å². The highest BCUT2D eigenvalue weighted by molar-refractivity contribution is 7.93. The van der Waals surface area contributed by atoms with Gasteiger partial charge in [0, 0.05) is 40.3 Å². The minimum atomic E-state index is -3.84. The van der Waals surface area contributed by atoms with Crippen LogP contribution < -0.4 is 21.7 Å². The maximum atomic E-state index is 14.2. The molecule has 37 heavy (non-hydrogen) atoms. The molecule has 7 nitrogen and oxygen atoms in total. The minimum Gasteiger partial charge on any atom is -0.363 e. The summed E-state index contributed by atoms with van der Waals surface area (Å²) in [5.74, 6) is 0.117. The fraction of sp³-hybridized carbons (Fsp3) is 0.172. The highest BCUT2D eigenvalue weighted by Crippen LogP contribution is 2.45. The highest BCUT2D eigenvalue weighted by atomic mass is 32.2. The number of aromatic amines is 1. The summed E-state index contributed by atoms with van der Waals surface area (Å²) in [6, 6.07) is 12.6. The molecule has 0 saturated heterocycles. The summed E-state index contributed by atoms with van der Waals surface area (Å²) in [7, 11) is -3.84. The topological polar surface area (TPSA) is 113 Å². The van der Waals surface area contributed by atoms with Crippen LogP contribution in [0.2, 0.25) is 0 Å². The van der Waals surface area contributed by atoms with Crippen LogP contribution in [0, 0.1) is 5.92 Å². The van der Waals surface area contributed by atoms with Gasteiger partial charge < -0.3 is 16.0 Å². The Bertz CT molecular complexity index is 1780. The highest BCUT2D eigenvalue weighted by Gasteiger charge is 2.49. The van der Waals surface area contributed by atoms with Crippen LogP contribution in [0.1, 0.15) is 12.8 Å². The molecule has 1 saturated carbocycles. The van der Waals surface area contributed by atoms with E-state index >= 15 is 0 Å². The van der Waals surface area contributed by atoms with Gasteiger partial charge >= 0.3 is 0 Å². The van der Waals surface area contributed by atoms with Crippen LogP contribution in [0.4, 0.5) is 0 Å². The molecule has 184 valence electrons. The lowest BCUT2D eigenvalue weighted by Gasteiger charge is -2.29. The molecular weight excluding hydrogens is 482 g/mol. The van der Waals surface area contributed by atoms with E-state index in [1.54, 1.807) is 30.3 Å². The van der Waals surface area contributed by atoms with Gasteiger partial charge in [0.1, 0.15) is 0 Å². The Morgan fingerprint density at radius 3 is 2.35 bits per heavy atom. The lowest BCUT2D eigenvalue weighted by atomic mass is 10.0. The summed E-state index contributed by atoms with van der Waals surface area (Å²) in [5.41, 5.74) is 11.0. The first-order valence-corrected chi connectivity index (χ1v) is 13.8. The van der Waals surface area contributed by atoms with Crippen LogP contribution in [0.25, 0.3) is 12.2 Å². The van der Waals surface area contributed by atoms with Gasteiger partial charge in [0.2, 0.25) is 9.84 Å². The molecule has 4 N–H and O–H groups in total. The number of H-pyrrole nitrogens is 1. The average molecular weight is 508 g/mol. The molecule has 8 bridgehead atoms. The maximum absolute atomic E-state index is 14.2. The number of sulfone groups is 1. The Kier molecular flexibility index (Phi) is 4.80. The summed E-state index contributed by atoms with van der Waals surface area (Å²) in [5, 5.41) is 5.28. The zero-order chi connectivity index (χ0) is 25.2. The summed E-state index contributed by atoms with van der Waals surface area (Å²) in [6.45, 7) is 0. The number of fused-ring (bicyclic) bond motifs is 6. The Morgan fingerprint density at radius 2 is 1.62 bits per heavy atom. The second-order valence-corrected chi connectivity index (χ2v) is 12.1. The van der Waals surface area contributed by atoms with Gasteiger partial charge in [-0.25, -0.2) is 18.4 Å². The molecule has 4 aliphatic heterocycles. The first-order chi connectivity index (χ1) is 17.9.